The van der Waals surface area contributed by atoms with Crippen LogP contribution in [0.5, 0.6) is 0 Å². The number of hydrogen-bond acceptors (Lipinski definition) is 3. The van der Waals surface area contributed by atoms with Crippen LogP contribution in [0.1, 0.15) is 32.6 Å². The fourth-order valence-corrected chi connectivity index (χ4v) is 2.32. The average Bonchev–Trinajstić information content (AvgIpc) is 3.04. The van der Waals surface area contributed by atoms with Crippen LogP contribution in [0.4, 0.5) is 11.5 Å². The third-order valence-corrected chi connectivity index (χ3v) is 3.62. The van der Waals surface area contributed by atoms with Crippen LogP contribution >= 0.6 is 15.9 Å². The van der Waals surface area contributed by atoms with Gasteiger partial charge in [-0.15, -0.1) is 0 Å². The molecule has 1 saturated carbocycles. The molecule has 1 fully saturated rings. The Morgan fingerprint density at radius 2 is 2.38 bits per heavy atom. The number of pyridine rings is 1. The van der Waals surface area contributed by atoms with Crippen molar-refractivity contribution in [2.24, 2.45) is 5.92 Å². The van der Waals surface area contributed by atoms with E-state index in [0.717, 1.165) is 22.6 Å². The van der Waals surface area contributed by atoms with Crippen molar-refractivity contribution in [3.63, 3.8) is 0 Å². The molecule has 1 aliphatic rings. The van der Waals surface area contributed by atoms with E-state index in [9.17, 15) is 0 Å². The van der Waals surface area contributed by atoms with Gasteiger partial charge in [0, 0.05) is 6.04 Å². The van der Waals surface area contributed by atoms with Crippen molar-refractivity contribution in [3.05, 3.63) is 16.7 Å². The number of aromatic nitrogens is 1. The summed E-state index contributed by atoms with van der Waals surface area (Å²) >= 11 is 3.48. The van der Waals surface area contributed by atoms with Crippen molar-refractivity contribution in [3.8, 4) is 0 Å². The van der Waals surface area contributed by atoms with E-state index >= 15 is 0 Å². The predicted molar refractivity (Wildman–Crippen MR) is 71.4 cm³/mol. The highest BCUT2D eigenvalue weighted by molar-refractivity contribution is 9.10. The van der Waals surface area contributed by atoms with Crippen molar-refractivity contribution in [1.82, 2.24) is 4.98 Å². The van der Waals surface area contributed by atoms with Gasteiger partial charge < -0.3 is 11.1 Å². The van der Waals surface area contributed by atoms with E-state index in [-0.39, 0.29) is 0 Å². The zero-order valence-corrected chi connectivity index (χ0v) is 11.1. The van der Waals surface area contributed by atoms with Gasteiger partial charge in [-0.05, 0) is 40.8 Å². The summed E-state index contributed by atoms with van der Waals surface area (Å²) < 4.78 is 0.946. The molecule has 0 aliphatic heterocycles. The fourth-order valence-electron chi connectivity index (χ4n) is 1.84. The van der Waals surface area contributed by atoms with E-state index in [1.807, 2.05) is 6.07 Å². The zero-order valence-electron chi connectivity index (χ0n) is 9.54. The average molecular weight is 284 g/mol. The predicted octanol–water partition coefficient (Wildman–Crippen LogP) is 3.42. The van der Waals surface area contributed by atoms with Gasteiger partial charge in [-0.2, -0.15) is 0 Å². The first-order valence-corrected chi connectivity index (χ1v) is 6.66. The smallest absolute Gasteiger partial charge is 0.140 e. The summed E-state index contributed by atoms with van der Waals surface area (Å²) in [5.41, 5.74) is 6.35. The summed E-state index contributed by atoms with van der Waals surface area (Å²) in [4.78, 5) is 4.31. The van der Waals surface area contributed by atoms with Gasteiger partial charge in [0.05, 0.1) is 16.4 Å². The Bertz CT molecular complexity index is 363. The molecule has 0 spiro atoms. The Kier molecular flexibility index (Phi) is 3.69. The lowest BCUT2D eigenvalue weighted by Gasteiger charge is -2.18. The number of hydrogen-bond donors (Lipinski definition) is 2. The molecule has 0 radical (unpaired) electrons. The first-order valence-electron chi connectivity index (χ1n) is 5.86. The molecule has 2 rings (SSSR count). The molecule has 1 aliphatic carbocycles. The van der Waals surface area contributed by atoms with E-state index in [1.54, 1.807) is 6.20 Å². The zero-order chi connectivity index (χ0) is 11.5. The van der Waals surface area contributed by atoms with Crippen molar-refractivity contribution < 1.29 is 0 Å². The number of anilines is 2. The number of rotatable bonds is 5. The van der Waals surface area contributed by atoms with Crippen LogP contribution in [0.2, 0.25) is 0 Å². The number of nitrogens with one attached hydrogen (secondary N) is 1. The van der Waals surface area contributed by atoms with E-state index in [2.05, 4.69) is 33.2 Å². The highest BCUT2D eigenvalue weighted by Gasteiger charge is 2.25. The van der Waals surface area contributed by atoms with Crippen LogP contribution < -0.4 is 11.1 Å². The minimum Gasteiger partial charge on any atom is -0.397 e. The molecule has 3 nitrogen and oxygen atoms in total. The molecule has 1 heterocycles. The summed E-state index contributed by atoms with van der Waals surface area (Å²) in [7, 11) is 0. The van der Waals surface area contributed by atoms with Gasteiger partial charge in [-0.25, -0.2) is 4.98 Å². The maximum Gasteiger partial charge on any atom is 0.140 e. The molecule has 1 atom stereocenters. The SMILES string of the molecule is CCC(CC1CC1)Nc1ncc(N)cc1Br. The Hall–Kier alpha value is -0.770. The molecule has 0 bridgehead atoms. The fraction of sp³-hybridized carbons (Fsp3) is 0.583. The lowest BCUT2D eigenvalue weighted by molar-refractivity contribution is 0.585. The van der Waals surface area contributed by atoms with Crippen LogP contribution in [0.15, 0.2) is 16.7 Å². The lowest BCUT2D eigenvalue weighted by Crippen LogP contribution is -2.20. The van der Waals surface area contributed by atoms with E-state index in [1.165, 1.54) is 19.3 Å². The van der Waals surface area contributed by atoms with Crippen LogP contribution in [-0.4, -0.2) is 11.0 Å². The summed E-state index contributed by atoms with van der Waals surface area (Å²) in [6.07, 6.45) is 6.88. The summed E-state index contributed by atoms with van der Waals surface area (Å²) in [6, 6.07) is 2.42. The summed E-state index contributed by atoms with van der Waals surface area (Å²) in [5, 5.41) is 3.48. The molecule has 4 heteroatoms. The molecule has 88 valence electrons. The Balaban J connectivity index is 1.99. The quantitative estimate of drug-likeness (QED) is 0.871. The van der Waals surface area contributed by atoms with Crippen molar-refractivity contribution in [1.29, 1.82) is 0 Å². The highest BCUT2D eigenvalue weighted by atomic mass is 79.9. The van der Waals surface area contributed by atoms with Crippen molar-refractivity contribution in [2.75, 3.05) is 11.1 Å². The third-order valence-electron chi connectivity index (χ3n) is 3.01. The molecule has 16 heavy (non-hydrogen) atoms. The van der Waals surface area contributed by atoms with Gasteiger partial charge >= 0.3 is 0 Å². The molecule has 1 unspecified atom stereocenters. The minimum absolute atomic E-state index is 0.528. The van der Waals surface area contributed by atoms with Crippen LogP contribution in [0.3, 0.4) is 0 Å². The molecule has 0 saturated heterocycles. The second-order valence-corrected chi connectivity index (χ2v) is 5.38. The largest absolute Gasteiger partial charge is 0.397 e. The van der Waals surface area contributed by atoms with Crippen LogP contribution in [0.25, 0.3) is 0 Å². The summed E-state index contributed by atoms with van der Waals surface area (Å²) in [6.45, 7) is 2.21. The Morgan fingerprint density at radius 3 is 2.94 bits per heavy atom. The van der Waals surface area contributed by atoms with E-state index in [0.29, 0.717) is 11.7 Å². The molecule has 0 aromatic carbocycles. The van der Waals surface area contributed by atoms with Crippen LogP contribution in [-0.2, 0) is 0 Å². The molecule has 0 amide bonds. The number of nitrogen functional groups attached to an aromatic ring is 1. The second kappa shape index (κ2) is 5.04. The molecule has 1 aromatic rings. The number of nitrogens with two attached hydrogens (primary N) is 1. The second-order valence-electron chi connectivity index (χ2n) is 4.53. The first-order chi connectivity index (χ1) is 7.69. The van der Waals surface area contributed by atoms with Gasteiger partial charge in [0.2, 0.25) is 0 Å². The maximum absolute atomic E-state index is 5.66. The lowest BCUT2D eigenvalue weighted by atomic mass is 10.1. The molecule has 3 N–H and O–H groups in total. The minimum atomic E-state index is 0.528. The van der Waals surface area contributed by atoms with Gasteiger partial charge in [-0.3, -0.25) is 0 Å². The van der Waals surface area contributed by atoms with Gasteiger partial charge in [0.25, 0.3) is 0 Å². The summed E-state index contributed by atoms with van der Waals surface area (Å²) in [5.74, 6) is 1.84. The topological polar surface area (TPSA) is 50.9 Å². The van der Waals surface area contributed by atoms with Crippen molar-refractivity contribution in [2.45, 2.75) is 38.6 Å². The van der Waals surface area contributed by atoms with Crippen molar-refractivity contribution >= 4 is 27.4 Å². The van der Waals surface area contributed by atoms with E-state index < -0.39 is 0 Å². The molecule has 1 aromatic heterocycles. The van der Waals surface area contributed by atoms with Gasteiger partial charge in [0.15, 0.2) is 0 Å². The van der Waals surface area contributed by atoms with Gasteiger partial charge in [0.1, 0.15) is 5.82 Å². The molecular weight excluding hydrogens is 266 g/mol. The van der Waals surface area contributed by atoms with Crippen LogP contribution in [0, 0.1) is 5.92 Å². The highest BCUT2D eigenvalue weighted by Crippen LogP contribution is 2.35. The monoisotopic (exact) mass is 283 g/mol. The standard InChI is InChI=1S/C12H18BrN3/c1-2-10(5-8-3-4-8)16-12-11(13)6-9(14)7-15-12/h6-8,10H,2-5,14H2,1H3,(H,15,16). The normalized spacial score (nSPS) is 17.1. The first kappa shape index (κ1) is 11.7. The third kappa shape index (κ3) is 3.11. The maximum atomic E-state index is 5.66. The number of halogens is 1. The Labute approximate surface area is 105 Å². The molecular formula is C12H18BrN3. The van der Waals surface area contributed by atoms with E-state index in [4.69, 9.17) is 5.73 Å². The number of nitrogens with zero attached hydrogens (tertiary/aromatic N) is 1. The van der Waals surface area contributed by atoms with Gasteiger partial charge in [-0.1, -0.05) is 19.8 Å². The Morgan fingerprint density at radius 1 is 1.62 bits per heavy atom.